The summed E-state index contributed by atoms with van der Waals surface area (Å²) in [6.07, 6.45) is 5.24. The molecule has 27 heavy (non-hydrogen) atoms. The van der Waals surface area contributed by atoms with Gasteiger partial charge in [-0.2, -0.15) is 4.39 Å². The molecule has 1 aromatic carbocycles. The zero-order valence-corrected chi connectivity index (χ0v) is 17.4. The lowest BCUT2D eigenvalue weighted by Crippen LogP contribution is -2.16. The third kappa shape index (κ3) is 6.27. The highest BCUT2D eigenvalue weighted by Crippen LogP contribution is 2.49. The van der Waals surface area contributed by atoms with E-state index in [4.69, 9.17) is 13.8 Å². The van der Waals surface area contributed by atoms with Gasteiger partial charge in [0.2, 0.25) is 5.82 Å². The molecule has 0 N–H and O–H groups in total. The molecule has 0 saturated heterocycles. The largest absolute Gasteiger partial charge is 0.490 e. The summed E-state index contributed by atoms with van der Waals surface area (Å²) in [6, 6.07) is 3.14. The Morgan fingerprint density at radius 1 is 1.07 bits per heavy atom. The van der Waals surface area contributed by atoms with Crippen LogP contribution in [0, 0.1) is 17.6 Å². The van der Waals surface area contributed by atoms with Crippen molar-refractivity contribution in [2.75, 3.05) is 26.0 Å². The lowest BCUT2D eigenvalue weighted by Gasteiger charge is -2.23. The fraction of sp³-hybridized carbons (Fsp3) is 0.700. The van der Waals surface area contributed by atoms with Crippen LogP contribution in [0.5, 0.6) is 5.75 Å². The monoisotopic (exact) mass is 404 g/mol. The molecule has 2 rings (SSSR count). The smallest absolute Gasteiger partial charge is 0.331 e. The summed E-state index contributed by atoms with van der Waals surface area (Å²) < 4.78 is 57.5. The average molecular weight is 404 g/mol. The van der Waals surface area contributed by atoms with E-state index in [0.717, 1.165) is 32.1 Å². The van der Waals surface area contributed by atoms with Crippen molar-refractivity contribution in [3.05, 3.63) is 29.3 Å². The topological polar surface area (TPSA) is 44.8 Å². The molecule has 1 fully saturated rings. The summed E-state index contributed by atoms with van der Waals surface area (Å²) >= 11 is 0. The molecule has 1 aliphatic carbocycles. The first-order valence-corrected chi connectivity index (χ1v) is 11.6. The number of hydrogen-bond acceptors (Lipinski definition) is 4. The third-order valence-electron chi connectivity index (χ3n) is 4.83. The molecule has 0 spiro atoms. The third-order valence-corrected chi connectivity index (χ3v) is 7.21. The van der Waals surface area contributed by atoms with Crippen molar-refractivity contribution < 1.29 is 27.1 Å². The van der Waals surface area contributed by atoms with E-state index in [1.54, 1.807) is 19.9 Å². The van der Waals surface area contributed by atoms with Crippen LogP contribution < -0.4 is 4.74 Å². The molecular weight excluding hydrogens is 373 g/mol. The predicted molar refractivity (Wildman–Crippen MR) is 103 cm³/mol. The van der Waals surface area contributed by atoms with Crippen molar-refractivity contribution in [1.82, 2.24) is 0 Å². The van der Waals surface area contributed by atoms with Crippen LogP contribution in [0.3, 0.4) is 0 Å². The maximum atomic E-state index is 14.5. The van der Waals surface area contributed by atoms with Crippen LogP contribution in [0.4, 0.5) is 8.78 Å². The van der Waals surface area contributed by atoms with Crippen LogP contribution in [-0.2, 0) is 13.6 Å². The number of halogens is 2. The molecule has 7 heteroatoms. The summed E-state index contributed by atoms with van der Waals surface area (Å²) in [5, 5.41) is 0. The summed E-state index contributed by atoms with van der Waals surface area (Å²) in [4.78, 5) is 0. The SMILES string of the molecule is CCOP(=O)(C[C@H](C)COc1ccc(C2CCCCC2)c(F)c1F)OCC. The van der Waals surface area contributed by atoms with Crippen molar-refractivity contribution in [2.24, 2.45) is 5.92 Å². The Kier molecular flexibility index (Phi) is 8.71. The van der Waals surface area contributed by atoms with Crippen molar-refractivity contribution in [3.8, 4) is 5.75 Å². The minimum Gasteiger partial charge on any atom is -0.490 e. The van der Waals surface area contributed by atoms with Gasteiger partial charge in [-0.25, -0.2) is 4.39 Å². The predicted octanol–water partition coefficient (Wildman–Crippen LogP) is 6.29. The number of benzene rings is 1. The van der Waals surface area contributed by atoms with Crippen LogP contribution in [0.1, 0.15) is 64.4 Å². The maximum absolute atomic E-state index is 14.5. The van der Waals surface area contributed by atoms with Gasteiger partial charge in [0.15, 0.2) is 11.6 Å². The van der Waals surface area contributed by atoms with E-state index in [9.17, 15) is 13.3 Å². The quantitative estimate of drug-likeness (QED) is 0.430. The lowest BCUT2D eigenvalue weighted by molar-refractivity contribution is 0.205. The minimum absolute atomic E-state index is 0.0875. The highest BCUT2D eigenvalue weighted by atomic mass is 31.2. The fourth-order valence-electron chi connectivity index (χ4n) is 3.59. The summed E-state index contributed by atoms with van der Waals surface area (Å²) in [5.74, 6) is -1.97. The van der Waals surface area contributed by atoms with Gasteiger partial charge < -0.3 is 13.8 Å². The first kappa shape index (κ1) is 22.3. The van der Waals surface area contributed by atoms with E-state index in [1.165, 1.54) is 6.07 Å². The molecule has 0 amide bonds. The van der Waals surface area contributed by atoms with Crippen LogP contribution in [0.25, 0.3) is 0 Å². The Balaban J connectivity index is 1.98. The van der Waals surface area contributed by atoms with Gasteiger partial charge in [0, 0.05) is 5.92 Å². The molecule has 0 radical (unpaired) electrons. The van der Waals surface area contributed by atoms with Crippen molar-refractivity contribution in [3.63, 3.8) is 0 Å². The molecule has 0 unspecified atom stereocenters. The van der Waals surface area contributed by atoms with Gasteiger partial charge in [-0.05, 0) is 44.2 Å². The van der Waals surface area contributed by atoms with E-state index in [0.29, 0.717) is 5.56 Å². The normalized spacial score (nSPS) is 17.1. The van der Waals surface area contributed by atoms with Crippen LogP contribution >= 0.6 is 7.60 Å². The summed E-state index contributed by atoms with van der Waals surface area (Å²) in [7, 11) is -3.19. The number of hydrogen-bond donors (Lipinski definition) is 0. The van der Waals surface area contributed by atoms with Crippen LogP contribution in [0.2, 0.25) is 0 Å². The number of rotatable bonds is 10. The first-order chi connectivity index (χ1) is 12.9. The lowest BCUT2D eigenvalue weighted by atomic mass is 9.84. The second kappa shape index (κ2) is 10.5. The van der Waals surface area contributed by atoms with Gasteiger partial charge >= 0.3 is 7.60 Å². The Hall–Kier alpha value is -0.970. The molecule has 4 nitrogen and oxygen atoms in total. The van der Waals surface area contributed by atoms with Gasteiger partial charge in [-0.1, -0.05) is 32.3 Å². The highest BCUT2D eigenvalue weighted by molar-refractivity contribution is 7.53. The average Bonchev–Trinajstić information content (AvgIpc) is 2.64. The maximum Gasteiger partial charge on any atom is 0.331 e. The summed E-state index contributed by atoms with van der Waals surface area (Å²) in [6.45, 7) is 5.98. The fourth-order valence-corrected chi connectivity index (χ4v) is 5.53. The van der Waals surface area contributed by atoms with E-state index in [2.05, 4.69) is 0 Å². The van der Waals surface area contributed by atoms with Gasteiger partial charge in [0.1, 0.15) is 0 Å². The second-order valence-electron chi connectivity index (χ2n) is 7.16. The Morgan fingerprint density at radius 2 is 1.70 bits per heavy atom. The van der Waals surface area contributed by atoms with Gasteiger partial charge in [0.25, 0.3) is 0 Å². The van der Waals surface area contributed by atoms with E-state index < -0.39 is 19.2 Å². The molecule has 154 valence electrons. The molecule has 1 aromatic rings. The van der Waals surface area contributed by atoms with Crippen LogP contribution in [-0.4, -0.2) is 26.0 Å². The molecule has 0 heterocycles. The highest BCUT2D eigenvalue weighted by Gasteiger charge is 2.27. The zero-order valence-electron chi connectivity index (χ0n) is 16.5. The van der Waals surface area contributed by atoms with Gasteiger partial charge in [-0.15, -0.1) is 0 Å². The summed E-state index contributed by atoms with van der Waals surface area (Å²) in [5.41, 5.74) is 0.449. The zero-order chi connectivity index (χ0) is 19.9. The van der Waals surface area contributed by atoms with Crippen molar-refractivity contribution >= 4 is 7.60 Å². The molecular formula is C20H31F2O4P. The molecule has 0 aliphatic heterocycles. The minimum atomic E-state index is -3.19. The Labute approximate surface area is 161 Å². The van der Waals surface area contributed by atoms with Crippen molar-refractivity contribution in [1.29, 1.82) is 0 Å². The molecule has 1 aliphatic rings. The van der Waals surface area contributed by atoms with E-state index in [1.807, 2.05) is 6.92 Å². The van der Waals surface area contributed by atoms with E-state index in [-0.39, 0.29) is 43.6 Å². The first-order valence-electron chi connectivity index (χ1n) is 9.89. The van der Waals surface area contributed by atoms with E-state index >= 15 is 0 Å². The van der Waals surface area contributed by atoms with Crippen LogP contribution in [0.15, 0.2) is 12.1 Å². The Morgan fingerprint density at radius 3 is 2.30 bits per heavy atom. The Bertz CT molecular complexity index is 637. The molecule has 1 atom stereocenters. The van der Waals surface area contributed by atoms with Gasteiger partial charge in [0.05, 0.1) is 26.0 Å². The van der Waals surface area contributed by atoms with Gasteiger partial charge in [-0.3, -0.25) is 4.57 Å². The number of ether oxygens (including phenoxy) is 1. The second-order valence-corrected chi connectivity index (χ2v) is 9.26. The molecule has 1 saturated carbocycles. The van der Waals surface area contributed by atoms with Crippen molar-refractivity contribution in [2.45, 2.75) is 58.8 Å². The standard InChI is InChI=1S/C20H31F2O4P/c1-4-25-27(23,26-5-2)14-15(3)13-24-18-12-11-17(19(21)20(18)22)16-9-7-6-8-10-16/h11-12,15-16H,4-10,13-14H2,1-3H3/t15-/m1/s1. The molecule has 0 aromatic heterocycles. The molecule has 0 bridgehead atoms.